The lowest BCUT2D eigenvalue weighted by molar-refractivity contribution is -0.385. The molecule has 24 heavy (non-hydrogen) atoms. The van der Waals surface area contributed by atoms with Crippen LogP contribution in [-0.2, 0) is 17.9 Å². The van der Waals surface area contributed by atoms with Crippen molar-refractivity contribution in [2.75, 3.05) is 6.79 Å². The van der Waals surface area contributed by atoms with Crippen LogP contribution in [-0.4, -0.2) is 27.4 Å². The van der Waals surface area contributed by atoms with Gasteiger partial charge in [0.1, 0.15) is 11.3 Å². The minimum Gasteiger partial charge on any atom is -0.477 e. The Bertz CT molecular complexity index is 888. The first-order valence-electron chi connectivity index (χ1n) is 6.91. The molecule has 0 amide bonds. The maximum absolute atomic E-state index is 12.2. The number of carboxylic acid groups (broad SMARTS) is 1. The van der Waals surface area contributed by atoms with Crippen LogP contribution in [0.3, 0.4) is 0 Å². The summed E-state index contributed by atoms with van der Waals surface area (Å²) >= 11 is 0. The molecule has 1 aliphatic heterocycles. The molecule has 0 aliphatic carbocycles. The number of hydrogen-bond acceptors (Lipinski definition) is 6. The number of carboxylic acids is 1. The van der Waals surface area contributed by atoms with Gasteiger partial charge >= 0.3 is 5.97 Å². The maximum atomic E-state index is 12.2. The number of nitrogens with zero attached hydrogens (tertiary/aromatic N) is 2. The van der Waals surface area contributed by atoms with Gasteiger partial charge in [-0.15, -0.1) is 0 Å². The van der Waals surface area contributed by atoms with Crippen molar-refractivity contribution in [3.05, 3.63) is 67.6 Å². The fraction of sp³-hybridized carbons (Fsp3) is 0.200. The van der Waals surface area contributed by atoms with Crippen molar-refractivity contribution >= 4 is 11.7 Å². The lowest BCUT2D eigenvalue weighted by Crippen LogP contribution is -2.26. The molecule has 2 aromatic rings. The van der Waals surface area contributed by atoms with Crippen LogP contribution in [0, 0.1) is 10.1 Å². The number of carbonyl (C=O) groups is 1. The van der Waals surface area contributed by atoms with Gasteiger partial charge in [-0.1, -0.05) is 0 Å². The van der Waals surface area contributed by atoms with Crippen LogP contribution in [0.2, 0.25) is 0 Å². The van der Waals surface area contributed by atoms with E-state index in [1.165, 1.54) is 35.0 Å². The van der Waals surface area contributed by atoms with Crippen molar-refractivity contribution in [1.29, 1.82) is 0 Å². The van der Waals surface area contributed by atoms with Crippen LogP contribution < -0.4 is 10.3 Å². The summed E-state index contributed by atoms with van der Waals surface area (Å²) in [5, 5.41) is 20.1. The van der Waals surface area contributed by atoms with Gasteiger partial charge < -0.3 is 19.1 Å². The molecule has 0 saturated heterocycles. The average molecular weight is 332 g/mol. The Hall–Kier alpha value is -3.20. The van der Waals surface area contributed by atoms with Crippen LogP contribution in [0.5, 0.6) is 5.75 Å². The van der Waals surface area contributed by atoms with Crippen LogP contribution in [0.1, 0.15) is 21.5 Å². The van der Waals surface area contributed by atoms with Crippen molar-refractivity contribution in [3.8, 4) is 5.75 Å². The molecule has 0 bridgehead atoms. The van der Waals surface area contributed by atoms with E-state index < -0.39 is 16.5 Å². The van der Waals surface area contributed by atoms with Gasteiger partial charge in [0, 0.05) is 29.5 Å². The second kappa shape index (κ2) is 6.13. The highest BCUT2D eigenvalue weighted by Gasteiger charge is 2.21. The summed E-state index contributed by atoms with van der Waals surface area (Å²) in [6.45, 7) is 0.111. The number of pyridine rings is 1. The summed E-state index contributed by atoms with van der Waals surface area (Å²) in [5.74, 6) is -0.917. The summed E-state index contributed by atoms with van der Waals surface area (Å²) in [6.07, 6.45) is 1.42. The maximum Gasteiger partial charge on any atom is 0.341 e. The third-order valence-corrected chi connectivity index (χ3v) is 3.57. The van der Waals surface area contributed by atoms with Gasteiger partial charge in [-0.05, 0) is 12.1 Å². The molecule has 1 aromatic heterocycles. The van der Waals surface area contributed by atoms with Crippen LogP contribution in [0.15, 0.2) is 35.3 Å². The number of fused-ring (bicyclic) bond motifs is 1. The fourth-order valence-corrected chi connectivity index (χ4v) is 2.51. The highest BCUT2D eigenvalue weighted by molar-refractivity contribution is 5.86. The number of non-ortho nitro benzene ring substituents is 1. The van der Waals surface area contributed by atoms with Gasteiger partial charge in [-0.3, -0.25) is 14.9 Å². The second-order valence-electron chi connectivity index (χ2n) is 5.12. The molecule has 1 aromatic carbocycles. The van der Waals surface area contributed by atoms with E-state index in [4.69, 9.17) is 14.6 Å². The number of rotatable bonds is 4. The van der Waals surface area contributed by atoms with Crippen molar-refractivity contribution in [2.45, 2.75) is 13.2 Å². The number of hydrogen-bond donors (Lipinski definition) is 1. The first kappa shape index (κ1) is 15.7. The Labute approximate surface area is 134 Å². The van der Waals surface area contributed by atoms with Gasteiger partial charge in [0.05, 0.1) is 18.1 Å². The number of nitro groups is 1. The van der Waals surface area contributed by atoms with E-state index in [1.54, 1.807) is 0 Å². The monoisotopic (exact) mass is 332 g/mol. The van der Waals surface area contributed by atoms with Crippen molar-refractivity contribution in [2.24, 2.45) is 0 Å². The molecule has 0 spiro atoms. The molecule has 9 heteroatoms. The number of benzene rings is 1. The Morgan fingerprint density at radius 3 is 2.92 bits per heavy atom. The zero-order valence-corrected chi connectivity index (χ0v) is 12.3. The van der Waals surface area contributed by atoms with Crippen molar-refractivity contribution in [3.63, 3.8) is 0 Å². The lowest BCUT2D eigenvalue weighted by Gasteiger charge is -2.21. The number of ether oxygens (including phenoxy) is 2. The first-order valence-corrected chi connectivity index (χ1v) is 6.91. The fourth-order valence-electron chi connectivity index (χ4n) is 2.51. The topological polar surface area (TPSA) is 121 Å². The zero-order valence-electron chi connectivity index (χ0n) is 12.3. The average Bonchev–Trinajstić information content (AvgIpc) is 2.56. The molecular weight excluding hydrogens is 320 g/mol. The van der Waals surface area contributed by atoms with E-state index >= 15 is 0 Å². The van der Waals surface area contributed by atoms with Gasteiger partial charge in [-0.25, -0.2) is 4.79 Å². The molecule has 0 fully saturated rings. The molecular formula is C15H12N2O7. The molecule has 0 saturated carbocycles. The molecule has 3 rings (SSSR count). The highest BCUT2D eigenvalue weighted by atomic mass is 16.7. The summed E-state index contributed by atoms with van der Waals surface area (Å²) in [4.78, 5) is 33.8. The standard InChI is InChI=1S/C15H12N2O7/c18-14-12(15(19)20)2-1-3-16(14)6-9-4-11(17(21)22)5-10-7-23-8-24-13(9)10/h1-5H,6-8H2,(H,19,20). The van der Waals surface area contributed by atoms with E-state index in [0.717, 1.165) is 0 Å². The number of nitro benzene ring substituents is 1. The zero-order chi connectivity index (χ0) is 17.3. The molecule has 1 aliphatic rings. The van der Waals surface area contributed by atoms with E-state index in [0.29, 0.717) is 16.9 Å². The third kappa shape index (κ3) is 2.84. The third-order valence-electron chi connectivity index (χ3n) is 3.57. The summed E-state index contributed by atoms with van der Waals surface area (Å²) in [5.41, 5.74) is -0.307. The molecule has 2 heterocycles. The second-order valence-corrected chi connectivity index (χ2v) is 5.12. The van der Waals surface area contributed by atoms with E-state index in [-0.39, 0.29) is 31.2 Å². The lowest BCUT2D eigenvalue weighted by atomic mass is 10.1. The number of aromatic carboxylic acids is 1. The normalized spacial score (nSPS) is 13.0. The highest BCUT2D eigenvalue weighted by Crippen LogP contribution is 2.32. The van der Waals surface area contributed by atoms with Gasteiger partial charge in [0.15, 0.2) is 6.79 Å². The molecule has 9 nitrogen and oxygen atoms in total. The van der Waals surface area contributed by atoms with Crippen molar-refractivity contribution < 1.29 is 24.3 Å². The molecule has 0 atom stereocenters. The summed E-state index contributed by atoms with van der Waals surface area (Å²) in [7, 11) is 0. The summed E-state index contributed by atoms with van der Waals surface area (Å²) < 4.78 is 11.7. The molecule has 124 valence electrons. The van der Waals surface area contributed by atoms with Gasteiger partial charge in [0.2, 0.25) is 0 Å². The van der Waals surface area contributed by atoms with Crippen LogP contribution in [0.25, 0.3) is 0 Å². The predicted octanol–water partition coefficient (Wildman–Crippen LogP) is 1.37. The van der Waals surface area contributed by atoms with Crippen LogP contribution in [0.4, 0.5) is 5.69 Å². The predicted molar refractivity (Wildman–Crippen MR) is 80.1 cm³/mol. The first-order chi connectivity index (χ1) is 11.5. The van der Waals surface area contributed by atoms with E-state index in [1.807, 2.05) is 0 Å². The Balaban J connectivity index is 2.09. The molecule has 0 unspecified atom stereocenters. The Morgan fingerprint density at radius 2 is 2.21 bits per heavy atom. The minimum atomic E-state index is -1.33. The smallest absolute Gasteiger partial charge is 0.341 e. The largest absolute Gasteiger partial charge is 0.477 e. The van der Waals surface area contributed by atoms with E-state index in [9.17, 15) is 19.7 Å². The van der Waals surface area contributed by atoms with Gasteiger partial charge in [0.25, 0.3) is 11.2 Å². The summed E-state index contributed by atoms with van der Waals surface area (Å²) in [6, 6.07) is 5.30. The minimum absolute atomic E-state index is 0.00186. The Kier molecular flexibility index (Phi) is 4.00. The van der Waals surface area contributed by atoms with E-state index in [2.05, 4.69) is 0 Å². The molecule has 1 N–H and O–H groups in total. The Morgan fingerprint density at radius 1 is 1.42 bits per heavy atom. The molecule has 0 radical (unpaired) electrons. The van der Waals surface area contributed by atoms with Crippen LogP contribution >= 0.6 is 0 Å². The quantitative estimate of drug-likeness (QED) is 0.663. The van der Waals surface area contributed by atoms with Crippen molar-refractivity contribution in [1.82, 2.24) is 4.57 Å². The van der Waals surface area contributed by atoms with Gasteiger partial charge in [-0.2, -0.15) is 0 Å². The number of aromatic nitrogens is 1. The SMILES string of the molecule is O=C(O)c1cccn(Cc2cc([N+](=O)[O-])cc3c2OCOC3)c1=O.